The maximum Gasteiger partial charge on any atom is 0.168 e. The maximum absolute atomic E-state index is 5.13. The van der Waals surface area contributed by atoms with Crippen molar-refractivity contribution in [3.63, 3.8) is 0 Å². The molecule has 0 saturated carbocycles. The Kier molecular flexibility index (Phi) is 6.60. The van der Waals surface area contributed by atoms with Gasteiger partial charge in [0.15, 0.2) is 5.65 Å². The first-order chi connectivity index (χ1) is 18.2. The molecule has 37 heavy (non-hydrogen) atoms. The normalized spacial score (nSPS) is 14.7. The van der Waals surface area contributed by atoms with E-state index in [0.29, 0.717) is 6.42 Å². The molecule has 6 rings (SSSR count). The number of benzene rings is 2. The zero-order valence-electron chi connectivity index (χ0n) is 21.2. The van der Waals surface area contributed by atoms with Gasteiger partial charge in [0.05, 0.1) is 23.0 Å². The molecule has 1 aliphatic rings. The topological polar surface area (TPSA) is 63.0 Å². The van der Waals surface area contributed by atoms with Gasteiger partial charge >= 0.3 is 0 Å². The number of hydrogen-bond acceptors (Lipinski definition) is 6. The van der Waals surface area contributed by atoms with Crippen molar-refractivity contribution in [2.24, 2.45) is 0 Å². The Labute approximate surface area is 217 Å². The molecule has 3 aromatic heterocycles. The van der Waals surface area contributed by atoms with Crippen molar-refractivity contribution in [1.82, 2.24) is 29.6 Å². The van der Waals surface area contributed by atoms with E-state index in [0.717, 1.165) is 73.2 Å². The smallest absolute Gasteiger partial charge is 0.168 e. The van der Waals surface area contributed by atoms with Gasteiger partial charge in [-0.25, -0.2) is 14.6 Å². The molecule has 0 N–H and O–H groups in total. The van der Waals surface area contributed by atoms with E-state index in [2.05, 4.69) is 70.2 Å². The van der Waals surface area contributed by atoms with E-state index < -0.39 is 0 Å². The van der Waals surface area contributed by atoms with Crippen LogP contribution < -0.4 is 4.90 Å². The third-order valence-corrected chi connectivity index (χ3v) is 6.94. The standard InChI is InChI=1S/C30H31N7/c1-23-11-13-24(14-12-23)20-28-33-29(27-21-32-37(30(27)34-28)26-9-3-2-4-10-26)36-17-7-16-35(18-19-36)22-25-8-5-6-15-31-25/h2-6,8-15,21H,7,16-20,22H2,1H3. The lowest BCUT2D eigenvalue weighted by Crippen LogP contribution is -2.31. The summed E-state index contributed by atoms with van der Waals surface area (Å²) < 4.78 is 1.93. The van der Waals surface area contributed by atoms with Crippen LogP contribution in [0.15, 0.2) is 85.2 Å². The van der Waals surface area contributed by atoms with E-state index in [1.54, 1.807) is 0 Å². The van der Waals surface area contributed by atoms with Crippen LogP contribution in [-0.2, 0) is 13.0 Å². The average Bonchev–Trinajstić information content (AvgIpc) is 3.22. The largest absolute Gasteiger partial charge is 0.355 e. The summed E-state index contributed by atoms with van der Waals surface area (Å²) >= 11 is 0. The molecule has 0 spiro atoms. The van der Waals surface area contributed by atoms with Gasteiger partial charge in [0.25, 0.3) is 0 Å². The number of aryl methyl sites for hydroxylation is 1. The molecule has 0 bridgehead atoms. The number of nitrogens with zero attached hydrogens (tertiary/aromatic N) is 7. The molecule has 1 fully saturated rings. The molecule has 7 nitrogen and oxygen atoms in total. The van der Waals surface area contributed by atoms with E-state index in [1.807, 2.05) is 41.3 Å². The van der Waals surface area contributed by atoms with Crippen molar-refractivity contribution in [2.75, 3.05) is 31.1 Å². The molecule has 0 radical (unpaired) electrons. The molecule has 1 saturated heterocycles. The summed E-state index contributed by atoms with van der Waals surface area (Å²) in [6.45, 7) is 6.84. The molecular formula is C30H31N7. The fraction of sp³-hybridized carbons (Fsp3) is 0.267. The molecule has 0 aliphatic carbocycles. The molecule has 186 valence electrons. The number of fused-ring (bicyclic) bond motifs is 1. The summed E-state index contributed by atoms with van der Waals surface area (Å²) in [5.41, 5.74) is 5.43. The molecule has 0 amide bonds. The molecule has 0 unspecified atom stereocenters. The quantitative estimate of drug-likeness (QED) is 0.341. The minimum Gasteiger partial charge on any atom is -0.355 e. The Morgan fingerprint density at radius 2 is 1.65 bits per heavy atom. The van der Waals surface area contributed by atoms with Crippen molar-refractivity contribution in [3.05, 3.63) is 108 Å². The van der Waals surface area contributed by atoms with Crippen molar-refractivity contribution >= 4 is 16.9 Å². The van der Waals surface area contributed by atoms with Crippen LogP contribution in [0.25, 0.3) is 16.7 Å². The number of rotatable bonds is 6. The zero-order valence-corrected chi connectivity index (χ0v) is 21.2. The van der Waals surface area contributed by atoms with Crippen LogP contribution in [0.4, 0.5) is 5.82 Å². The third kappa shape index (κ3) is 5.22. The highest BCUT2D eigenvalue weighted by atomic mass is 15.3. The number of para-hydroxylation sites is 1. The lowest BCUT2D eigenvalue weighted by molar-refractivity contribution is 0.282. The van der Waals surface area contributed by atoms with Gasteiger partial charge in [0.2, 0.25) is 0 Å². The highest BCUT2D eigenvalue weighted by Crippen LogP contribution is 2.27. The predicted molar refractivity (Wildman–Crippen MR) is 147 cm³/mol. The fourth-order valence-corrected chi connectivity index (χ4v) is 4.97. The van der Waals surface area contributed by atoms with Crippen molar-refractivity contribution in [2.45, 2.75) is 26.3 Å². The van der Waals surface area contributed by atoms with Gasteiger partial charge in [0, 0.05) is 45.3 Å². The molecule has 2 aromatic carbocycles. The molecular weight excluding hydrogens is 458 g/mol. The van der Waals surface area contributed by atoms with Crippen LogP contribution in [-0.4, -0.2) is 55.8 Å². The second kappa shape index (κ2) is 10.5. The van der Waals surface area contributed by atoms with E-state index in [9.17, 15) is 0 Å². The van der Waals surface area contributed by atoms with E-state index in [1.165, 1.54) is 11.1 Å². The second-order valence-corrected chi connectivity index (χ2v) is 9.69. The minimum absolute atomic E-state index is 0.683. The van der Waals surface area contributed by atoms with E-state index in [4.69, 9.17) is 15.1 Å². The molecule has 5 aromatic rings. The Morgan fingerprint density at radius 1 is 0.811 bits per heavy atom. The predicted octanol–water partition coefficient (Wildman–Crippen LogP) is 4.82. The van der Waals surface area contributed by atoms with Crippen LogP contribution in [0.2, 0.25) is 0 Å². The first kappa shape index (κ1) is 23.3. The van der Waals surface area contributed by atoms with Crippen molar-refractivity contribution < 1.29 is 0 Å². The van der Waals surface area contributed by atoms with Gasteiger partial charge in [-0.3, -0.25) is 9.88 Å². The summed E-state index contributed by atoms with van der Waals surface area (Å²) in [4.78, 5) is 19.6. The first-order valence-electron chi connectivity index (χ1n) is 13.0. The number of hydrogen-bond donors (Lipinski definition) is 0. The Morgan fingerprint density at radius 3 is 2.46 bits per heavy atom. The van der Waals surface area contributed by atoms with Crippen molar-refractivity contribution in [3.8, 4) is 5.69 Å². The van der Waals surface area contributed by atoms with Crippen LogP contribution in [0, 0.1) is 6.92 Å². The number of aromatic nitrogens is 5. The highest BCUT2D eigenvalue weighted by molar-refractivity contribution is 5.88. The van der Waals surface area contributed by atoms with Gasteiger partial charge in [-0.1, -0.05) is 54.1 Å². The van der Waals surface area contributed by atoms with Crippen LogP contribution in [0.5, 0.6) is 0 Å². The number of pyridine rings is 1. The van der Waals surface area contributed by atoms with E-state index in [-0.39, 0.29) is 0 Å². The van der Waals surface area contributed by atoms with Crippen molar-refractivity contribution in [1.29, 1.82) is 0 Å². The monoisotopic (exact) mass is 489 g/mol. The van der Waals surface area contributed by atoms with Gasteiger partial charge in [-0.2, -0.15) is 5.10 Å². The number of anilines is 1. The highest BCUT2D eigenvalue weighted by Gasteiger charge is 2.22. The summed E-state index contributed by atoms with van der Waals surface area (Å²) in [6.07, 6.45) is 5.54. The van der Waals surface area contributed by atoms with Gasteiger partial charge < -0.3 is 4.90 Å². The first-order valence-corrected chi connectivity index (χ1v) is 13.0. The summed E-state index contributed by atoms with van der Waals surface area (Å²) in [5, 5.41) is 5.74. The maximum atomic E-state index is 5.13. The lowest BCUT2D eigenvalue weighted by Gasteiger charge is -2.23. The minimum atomic E-state index is 0.683. The molecule has 0 atom stereocenters. The Balaban J connectivity index is 1.34. The Bertz CT molecular complexity index is 1460. The van der Waals surface area contributed by atoms with Gasteiger partial charge in [-0.15, -0.1) is 0 Å². The lowest BCUT2D eigenvalue weighted by atomic mass is 10.1. The van der Waals surface area contributed by atoms with Crippen LogP contribution in [0.3, 0.4) is 0 Å². The molecule has 1 aliphatic heterocycles. The summed E-state index contributed by atoms with van der Waals surface area (Å²) in [7, 11) is 0. The van der Waals surface area contributed by atoms with Gasteiger partial charge in [-0.05, 0) is 43.2 Å². The van der Waals surface area contributed by atoms with E-state index >= 15 is 0 Å². The Hall–Kier alpha value is -4.10. The average molecular weight is 490 g/mol. The molecule has 4 heterocycles. The fourth-order valence-electron chi connectivity index (χ4n) is 4.97. The van der Waals surface area contributed by atoms with Crippen LogP contribution in [0.1, 0.15) is 29.1 Å². The van der Waals surface area contributed by atoms with Crippen LogP contribution >= 0.6 is 0 Å². The molecule has 7 heteroatoms. The third-order valence-electron chi connectivity index (χ3n) is 6.94. The summed E-state index contributed by atoms with van der Waals surface area (Å²) in [5.74, 6) is 1.80. The second-order valence-electron chi connectivity index (χ2n) is 9.69. The summed E-state index contributed by atoms with van der Waals surface area (Å²) in [6, 6.07) is 25.0. The SMILES string of the molecule is Cc1ccc(Cc2nc(N3CCCN(Cc4ccccn4)CC3)c3cnn(-c4ccccc4)c3n2)cc1. The van der Waals surface area contributed by atoms with Gasteiger partial charge in [0.1, 0.15) is 11.6 Å². The zero-order chi connectivity index (χ0) is 25.0.